The monoisotopic (exact) mass is 368 g/mol. The summed E-state index contributed by atoms with van der Waals surface area (Å²) in [7, 11) is 0. The van der Waals surface area contributed by atoms with Crippen molar-refractivity contribution in [3.05, 3.63) is 45.2 Å². The second-order valence-electron chi connectivity index (χ2n) is 5.10. The maximum absolute atomic E-state index is 12.2. The van der Waals surface area contributed by atoms with Crippen LogP contribution in [0.5, 0.6) is 0 Å². The fourth-order valence-corrected chi connectivity index (χ4v) is 2.50. The van der Waals surface area contributed by atoms with E-state index in [9.17, 15) is 40.0 Å². The summed E-state index contributed by atoms with van der Waals surface area (Å²) >= 11 is 0. The van der Waals surface area contributed by atoms with E-state index in [0.717, 1.165) is 19.1 Å². The van der Waals surface area contributed by atoms with E-state index in [4.69, 9.17) is 4.74 Å². The lowest BCUT2D eigenvalue weighted by atomic mass is 9.79. The van der Waals surface area contributed by atoms with E-state index < -0.39 is 56.3 Å². The van der Waals surface area contributed by atoms with E-state index in [2.05, 4.69) is 0 Å². The van der Waals surface area contributed by atoms with Crippen molar-refractivity contribution in [2.24, 2.45) is 5.92 Å². The Kier molecular flexibility index (Phi) is 6.76. The number of benzene rings is 1. The number of aliphatic carboxylic acids is 1. The molecule has 0 saturated heterocycles. The average molecular weight is 368 g/mol. The molecule has 0 amide bonds. The van der Waals surface area contributed by atoms with E-state index in [1.54, 1.807) is 0 Å². The van der Waals surface area contributed by atoms with Crippen molar-refractivity contribution < 1.29 is 39.3 Å². The Hall–Kier alpha value is -3.50. The fourth-order valence-electron chi connectivity index (χ4n) is 2.50. The first-order valence-electron chi connectivity index (χ1n) is 7.30. The van der Waals surface area contributed by atoms with Gasteiger partial charge in [-0.05, 0) is 13.8 Å². The van der Waals surface area contributed by atoms with Crippen molar-refractivity contribution in [2.45, 2.75) is 19.8 Å². The number of carboxylic acids is 1. The Balaban J connectivity index is 3.82. The van der Waals surface area contributed by atoms with Gasteiger partial charge < -0.3 is 15.1 Å². The molecule has 0 fully saturated rings. The maximum Gasteiger partial charge on any atom is 0.403 e. The first-order valence-corrected chi connectivity index (χ1v) is 7.30. The first-order chi connectivity index (χ1) is 12.1. The summed E-state index contributed by atoms with van der Waals surface area (Å²) in [6.07, 6.45) is 0. The van der Waals surface area contributed by atoms with Crippen molar-refractivity contribution in [1.82, 2.24) is 0 Å². The molecule has 0 bridgehead atoms. The number of carbonyl (C=O) groups excluding carboxylic acids is 2. The van der Waals surface area contributed by atoms with Crippen LogP contribution < -0.4 is 0 Å². The number of carbonyl (C=O) groups is 3. The summed E-state index contributed by atoms with van der Waals surface area (Å²) in [6, 6.07) is 4.67. The zero-order valence-corrected chi connectivity index (χ0v) is 13.8. The Morgan fingerprint density at radius 2 is 1.81 bits per heavy atom. The quantitative estimate of drug-likeness (QED) is 0.128. The van der Waals surface area contributed by atoms with Gasteiger partial charge in [0.2, 0.25) is 0 Å². The molecular formula is C15H16N2O9. The van der Waals surface area contributed by atoms with E-state index >= 15 is 0 Å². The molecule has 140 valence electrons. The zero-order chi connectivity index (χ0) is 20.0. The Labute approximate surface area is 146 Å². The summed E-state index contributed by atoms with van der Waals surface area (Å²) in [6.45, 7) is 2.22. The average Bonchev–Trinajstić information content (AvgIpc) is 2.53. The second-order valence-corrected chi connectivity index (χ2v) is 5.10. The smallest absolute Gasteiger partial charge is 0.403 e. The van der Waals surface area contributed by atoms with Gasteiger partial charge in [0.15, 0.2) is 0 Å². The molecule has 2 atom stereocenters. The highest BCUT2D eigenvalue weighted by Crippen LogP contribution is 2.34. The van der Waals surface area contributed by atoms with Gasteiger partial charge in [-0.3, -0.25) is 24.9 Å². The number of nitro groups is 1. The van der Waals surface area contributed by atoms with Crippen LogP contribution in [0.4, 0.5) is 5.69 Å². The second kappa shape index (κ2) is 8.55. The first kappa shape index (κ1) is 20.5. The van der Waals surface area contributed by atoms with E-state index in [1.165, 1.54) is 19.1 Å². The van der Waals surface area contributed by atoms with Gasteiger partial charge in [0.25, 0.3) is 5.69 Å². The molecule has 0 radical (unpaired) electrons. The predicted octanol–water partition coefficient (Wildman–Crippen LogP) is 0.872. The molecule has 2 N–H and O–H groups in total. The van der Waals surface area contributed by atoms with Gasteiger partial charge >= 0.3 is 17.7 Å². The molecule has 11 nitrogen and oxygen atoms in total. The zero-order valence-electron chi connectivity index (χ0n) is 13.8. The molecule has 2 unspecified atom stereocenters. The number of para-hydroxylation sites is 1. The van der Waals surface area contributed by atoms with Crippen LogP contribution in [0.15, 0.2) is 24.3 Å². The number of hydrogen-bond acceptors (Lipinski definition) is 8. The van der Waals surface area contributed by atoms with Gasteiger partial charge in [-0.15, -0.1) is 0 Å². The van der Waals surface area contributed by atoms with Crippen LogP contribution in [0.2, 0.25) is 0 Å². The van der Waals surface area contributed by atoms with E-state index in [-0.39, 0.29) is 6.61 Å². The third-order valence-corrected chi connectivity index (χ3v) is 3.50. The number of ether oxygens (including phenoxy) is 1. The molecular weight excluding hydrogens is 352 g/mol. The SMILES string of the molecule is CCOC(=O)C(C(C)=O)C(C(C(=O)O)=[N+]([O-])O)c1ccccc1[N+](=O)[O-]. The third-order valence-electron chi connectivity index (χ3n) is 3.50. The van der Waals surface area contributed by atoms with Crippen LogP contribution in [0.1, 0.15) is 25.3 Å². The lowest BCUT2D eigenvalue weighted by Gasteiger charge is -2.21. The van der Waals surface area contributed by atoms with Crippen LogP contribution in [-0.4, -0.2) is 50.2 Å². The van der Waals surface area contributed by atoms with Gasteiger partial charge in [-0.1, -0.05) is 18.2 Å². The highest BCUT2D eigenvalue weighted by atomic mass is 16.8. The molecule has 26 heavy (non-hydrogen) atoms. The van der Waals surface area contributed by atoms with Gasteiger partial charge in [-0.2, -0.15) is 0 Å². The molecule has 0 aromatic heterocycles. The summed E-state index contributed by atoms with van der Waals surface area (Å²) in [5.41, 5.74) is -2.36. The largest absolute Gasteiger partial charge is 0.473 e. The van der Waals surface area contributed by atoms with Gasteiger partial charge in [-0.25, -0.2) is 4.79 Å². The summed E-state index contributed by atoms with van der Waals surface area (Å²) in [4.78, 5) is 45.1. The third kappa shape index (κ3) is 4.32. The number of ketones is 1. The predicted molar refractivity (Wildman–Crippen MR) is 84.7 cm³/mol. The number of nitro benzene ring substituents is 1. The summed E-state index contributed by atoms with van der Waals surface area (Å²) in [5, 5.41) is 41.2. The van der Waals surface area contributed by atoms with E-state index in [0.29, 0.717) is 0 Å². The maximum atomic E-state index is 12.2. The minimum atomic E-state index is -1.96. The van der Waals surface area contributed by atoms with Crippen molar-refractivity contribution in [3.63, 3.8) is 0 Å². The lowest BCUT2D eigenvalue weighted by Crippen LogP contribution is -2.40. The van der Waals surface area contributed by atoms with Crippen molar-refractivity contribution in [2.75, 3.05) is 6.61 Å². The number of carboxylic acid groups (broad SMARTS) is 1. The number of nitrogens with zero attached hydrogens (tertiary/aromatic N) is 2. The molecule has 1 rings (SSSR count). The van der Waals surface area contributed by atoms with Gasteiger partial charge in [0, 0.05) is 16.5 Å². The summed E-state index contributed by atoms with van der Waals surface area (Å²) in [5.74, 6) is -7.85. The van der Waals surface area contributed by atoms with Crippen LogP contribution in [-0.2, 0) is 19.1 Å². The number of Topliss-reactive ketones (excluding diaryl/α,β-unsaturated/α-hetero) is 1. The molecule has 0 aliphatic carbocycles. The highest BCUT2D eigenvalue weighted by molar-refractivity contribution is 6.37. The normalized spacial score (nSPS) is 13.9. The van der Waals surface area contributed by atoms with Gasteiger partial charge in [0.1, 0.15) is 17.6 Å². The summed E-state index contributed by atoms with van der Waals surface area (Å²) < 4.78 is 4.74. The lowest BCUT2D eigenvalue weighted by molar-refractivity contribution is -0.726. The minimum absolute atomic E-state index is 0.158. The van der Waals surface area contributed by atoms with Crippen LogP contribution in [0, 0.1) is 21.2 Å². The molecule has 0 aliphatic rings. The van der Waals surface area contributed by atoms with Crippen molar-refractivity contribution in [1.29, 1.82) is 0 Å². The van der Waals surface area contributed by atoms with Crippen molar-refractivity contribution >= 4 is 29.1 Å². The molecule has 0 spiro atoms. The minimum Gasteiger partial charge on any atom is -0.473 e. The highest BCUT2D eigenvalue weighted by Gasteiger charge is 2.48. The number of esters is 1. The van der Waals surface area contributed by atoms with Gasteiger partial charge in [0.05, 0.1) is 11.5 Å². The van der Waals surface area contributed by atoms with Crippen LogP contribution >= 0.6 is 0 Å². The molecule has 0 aliphatic heterocycles. The van der Waals surface area contributed by atoms with Crippen LogP contribution in [0.25, 0.3) is 0 Å². The molecule has 0 saturated carbocycles. The molecule has 1 aromatic rings. The van der Waals surface area contributed by atoms with E-state index in [1.807, 2.05) is 0 Å². The Morgan fingerprint density at radius 3 is 2.23 bits per heavy atom. The van der Waals surface area contributed by atoms with Crippen molar-refractivity contribution in [3.8, 4) is 0 Å². The molecule has 0 heterocycles. The number of hydrogen-bond donors (Lipinski definition) is 2. The Bertz CT molecular complexity index is 768. The Morgan fingerprint density at radius 1 is 1.23 bits per heavy atom. The molecule has 1 aromatic carbocycles. The topological polar surface area (TPSA) is 170 Å². The van der Waals surface area contributed by atoms with Crippen LogP contribution in [0.3, 0.4) is 0 Å². The molecule has 11 heteroatoms. The fraction of sp³-hybridized carbons (Fsp3) is 0.333. The standard InChI is InChI=1S/C15H16N2O9/c1-3-26-15(21)11(8(2)18)12(13(14(19)20)17(24)25)9-6-4-5-7-10(9)16(22)23/h4-7,11-12H,3H2,1-2H3,(H,19,20)(H,24,25). The number of rotatable bonds is 8.